The highest BCUT2D eigenvalue weighted by atomic mass is 15.3. The zero-order valence-electron chi connectivity index (χ0n) is 14.6. The van der Waals surface area contributed by atoms with Crippen molar-refractivity contribution >= 4 is 0 Å². The van der Waals surface area contributed by atoms with Gasteiger partial charge in [0.25, 0.3) is 0 Å². The molecule has 2 aromatic rings. The Morgan fingerprint density at radius 2 is 1.92 bits per heavy atom. The van der Waals surface area contributed by atoms with E-state index in [0.29, 0.717) is 0 Å². The van der Waals surface area contributed by atoms with Gasteiger partial charge in [-0.15, -0.1) is 0 Å². The van der Waals surface area contributed by atoms with Crippen LogP contribution < -0.4 is 0 Å². The van der Waals surface area contributed by atoms with E-state index in [-0.39, 0.29) is 0 Å². The van der Waals surface area contributed by atoms with Crippen LogP contribution in [0.2, 0.25) is 0 Å². The maximum atomic E-state index is 4.38. The third-order valence-corrected chi connectivity index (χ3v) is 5.64. The summed E-state index contributed by atoms with van der Waals surface area (Å²) < 4.78 is 2.28. The summed E-state index contributed by atoms with van der Waals surface area (Å²) in [5, 5.41) is 0. The molecule has 1 unspecified atom stereocenters. The highest BCUT2D eigenvalue weighted by molar-refractivity contribution is 5.16. The van der Waals surface area contributed by atoms with E-state index in [1.165, 1.54) is 50.2 Å². The lowest BCUT2D eigenvalue weighted by Gasteiger charge is -2.49. The van der Waals surface area contributed by atoms with Crippen LogP contribution in [0.5, 0.6) is 0 Å². The average molecular weight is 324 g/mol. The monoisotopic (exact) mass is 324 g/mol. The van der Waals surface area contributed by atoms with Crippen molar-refractivity contribution < 1.29 is 0 Å². The molecule has 24 heavy (non-hydrogen) atoms. The number of hydrogen-bond acceptors (Lipinski definition) is 3. The van der Waals surface area contributed by atoms with E-state index >= 15 is 0 Å². The molecule has 0 N–H and O–H groups in total. The summed E-state index contributed by atoms with van der Waals surface area (Å²) in [6.07, 6.45) is 8.16. The fourth-order valence-corrected chi connectivity index (χ4v) is 4.18. The topological polar surface area (TPSA) is 24.3 Å². The van der Waals surface area contributed by atoms with E-state index < -0.39 is 0 Å². The van der Waals surface area contributed by atoms with Crippen molar-refractivity contribution in [3.05, 3.63) is 54.1 Å². The van der Waals surface area contributed by atoms with Gasteiger partial charge in [0.1, 0.15) is 0 Å². The van der Waals surface area contributed by atoms with Crippen LogP contribution >= 0.6 is 0 Å². The van der Waals surface area contributed by atoms with Gasteiger partial charge in [-0.05, 0) is 31.9 Å². The molecular weight excluding hydrogens is 296 g/mol. The number of benzene rings is 1. The standard InChI is InChI=1S/C20H28N4/c1-17-7-5-6-10-24(17)20-14-22(15-20)13-19-11-21-16-23(19)12-18-8-3-2-4-9-18/h2-4,8-9,11,16-17,20H,5-7,10,12-15H2,1H3. The first-order valence-electron chi connectivity index (χ1n) is 9.30. The highest BCUT2D eigenvalue weighted by Crippen LogP contribution is 2.25. The maximum absolute atomic E-state index is 4.38. The zero-order valence-corrected chi connectivity index (χ0v) is 14.6. The number of imidazole rings is 1. The van der Waals surface area contributed by atoms with E-state index in [9.17, 15) is 0 Å². The minimum Gasteiger partial charge on any atom is -0.329 e. The van der Waals surface area contributed by atoms with Crippen molar-refractivity contribution in [1.82, 2.24) is 19.4 Å². The molecule has 0 saturated carbocycles. The third kappa shape index (κ3) is 3.40. The van der Waals surface area contributed by atoms with Gasteiger partial charge in [-0.25, -0.2) is 4.98 Å². The molecule has 1 aromatic heterocycles. The number of hydrogen-bond donors (Lipinski definition) is 0. The Balaban J connectivity index is 1.32. The SMILES string of the molecule is CC1CCCCN1C1CN(Cc2cncn2Cc2ccccc2)C1. The quantitative estimate of drug-likeness (QED) is 0.845. The number of aromatic nitrogens is 2. The van der Waals surface area contributed by atoms with Gasteiger partial charge >= 0.3 is 0 Å². The Kier molecular flexibility index (Phi) is 4.67. The molecule has 0 radical (unpaired) electrons. The first kappa shape index (κ1) is 15.9. The van der Waals surface area contributed by atoms with E-state index in [1.54, 1.807) is 0 Å². The van der Waals surface area contributed by atoms with Gasteiger partial charge in [-0.1, -0.05) is 36.8 Å². The Morgan fingerprint density at radius 1 is 1.08 bits per heavy atom. The minimum absolute atomic E-state index is 0.769. The summed E-state index contributed by atoms with van der Waals surface area (Å²) >= 11 is 0. The van der Waals surface area contributed by atoms with Crippen LogP contribution in [-0.4, -0.2) is 51.1 Å². The lowest BCUT2D eigenvalue weighted by molar-refractivity contribution is -0.00714. The molecule has 4 nitrogen and oxygen atoms in total. The summed E-state index contributed by atoms with van der Waals surface area (Å²) in [4.78, 5) is 9.67. The predicted molar refractivity (Wildman–Crippen MR) is 96.9 cm³/mol. The molecule has 0 aliphatic carbocycles. The van der Waals surface area contributed by atoms with Crippen LogP contribution in [0.15, 0.2) is 42.9 Å². The smallest absolute Gasteiger partial charge is 0.0951 e. The molecule has 3 heterocycles. The molecule has 1 aromatic carbocycles. The van der Waals surface area contributed by atoms with Crippen molar-refractivity contribution in [2.75, 3.05) is 19.6 Å². The number of piperidine rings is 1. The molecule has 0 spiro atoms. The third-order valence-electron chi connectivity index (χ3n) is 5.64. The Morgan fingerprint density at radius 3 is 2.71 bits per heavy atom. The fraction of sp³-hybridized carbons (Fsp3) is 0.550. The second-order valence-electron chi connectivity index (χ2n) is 7.43. The van der Waals surface area contributed by atoms with Gasteiger partial charge in [-0.2, -0.15) is 0 Å². The van der Waals surface area contributed by atoms with E-state index in [4.69, 9.17) is 0 Å². The van der Waals surface area contributed by atoms with Crippen molar-refractivity contribution in [3.63, 3.8) is 0 Å². The van der Waals surface area contributed by atoms with Gasteiger partial charge < -0.3 is 4.57 Å². The maximum Gasteiger partial charge on any atom is 0.0951 e. The van der Waals surface area contributed by atoms with Gasteiger partial charge in [0, 0.05) is 44.5 Å². The Labute approximate surface area is 145 Å². The molecule has 2 saturated heterocycles. The van der Waals surface area contributed by atoms with Crippen LogP contribution in [0.4, 0.5) is 0 Å². The van der Waals surface area contributed by atoms with Crippen LogP contribution in [0, 0.1) is 0 Å². The molecule has 0 amide bonds. The normalized spacial score (nSPS) is 23.3. The summed E-state index contributed by atoms with van der Waals surface area (Å²) in [7, 11) is 0. The highest BCUT2D eigenvalue weighted by Gasteiger charge is 2.35. The summed E-state index contributed by atoms with van der Waals surface area (Å²) in [6.45, 7) is 8.05. The first-order chi connectivity index (χ1) is 11.8. The van der Waals surface area contributed by atoms with Crippen LogP contribution in [0.25, 0.3) is 0 Å². The predicted octanol–water partition coefficient (Wildman–Crippen LogP) is 2.99. The summed E-state index contributed by atoms with van der Waals surface area (Å²) in [5.41, 5.74) is 2.66. The minimum atomic E-state index is 0.769. The average Bonchev–Trinajstić information content (AvgIpc) is 2.99. The molecule has 128 valence electrons. The van der Waals surface area contributed by atoms with E-state index in [1.807, 2.05) is 12.5 Å². The first-order valence-corrected chi connectivity index (χ1v) is 9.30. The lowest BCUT2D eigenvalue weighted by Crippen LogP contribution is -2.61. The molecule has 2 aliphatic rings. The second kappa shape index (κ2) is 7.08. The number of likely N-dealkylation sites (tertiary alicyclic amines) is 2. The van der Waals surface area contributed by atoms with E-state index in [0.717, 1.165) is 25.2 Å². The van der Waals surface area contributed by atoms with E-state index in [2.05, 4.69) is 56.6 Å². The zero-order chi connectivity index (χ0) is 16.4. The molecular formula is C20H28N4. The summed E-state index contributed by atoms with van der Waals surface area (Å²) in [6, 6.07) is 12.2. The fourth-order valence-electron chi connectivity index (χ4n) is 4.18. The van der Waals surface area contributed by atoms with Crippen LogP contribution in [0.1, 0.15) is 37.4 Å². The number of nitrogens with zero attached hydrogens (tertiary/aromatic N) is 4. The van der Waals surface area contributed by atoms with Crippen LogP contribution in [0.3, 0.4) is 0 Å². The van der Waals surface area contributed by atoms with Gasteiger partial charge in [0.05, 0.1) is 12.0 Å². The molecule has 4 heteroatoms. The number of rotatable bonds is 5. The van der Waals surface area contributed by atoms with Crippen molar-refractivity contribution in [3.8, 4) is 0 Å². The van der Waals surface area contributed by atoms with Crippen molar-refractivity contribution in [2.24, 2.45) is 0 Å². The van der Waals surface area contributed by atoms with Crippen molar-refractivity contribution in [2.45, 2.75) is 51.4 Å². The van der Waals surface area contributed by atoms with Gasteiger partial charge in [-0.3, -0.25) is 9.80 Å². The molecule has 2 aliphatic heterocycles. The molecule has 4 rings (SSSR count). The van der Waals surface area contributed by atoms with Gasteiger partial charge in [0.15, 0.2) is 0 Å². The van der Waals surface area contributed by atoms with Gasteiger partial charge in [0.2, 0.25) is 0 Å². The van der Waals surface area contributed by atoms with Crippen LogP contribution in [-0.2, 0) is 13.1 Å². The lowest BCUT2D eigenvalue weighted by atomic mass is 9.97. The molecule has 0 bridgehead atoms. The Hall–Kier alpha value is -1.65. The largest absolute Gasteiger partial charge is 0.329 e. The summed E-state index contributed by atoms with van der Waals surface area (Å²) in [5.74, 6) is 0. The van der Waals surface area contributed by atoms with Crippen molar-refractivity contribution in [1.29, 1.82) is 0 Å². The second-order valence-corrected chi connectivity index (χ2v) is 7.43. The molecule has 1 atom stereocenters. The Bertz CT molecular complexity index is 645. The molecule has 2 fully saturated rings.